The Hall–Kier alpha value is -6.72. The molecule has 3 aromatic carbocycles. The number of aromatic amines is 1. The van der Waals surface area contributed by atoms with Crippen LogP contribution in [0.5, 0.6) is 17.4 Å². The number of nitrogens with one attached hydrogen (secondary N) is 4. The average Bonchev–Trinajstić information content (AvgIpc) is 4.01. The van der Waals surface area contributed by atoms with Crippen LogP contribution in [0.25, 0.3) is 11.2 Å². The van der Waals surface area contributed by atoms with Crippen molar-refractivity contribution in [1.82, 2.24) is 34.4 Å². The predicted molar refractivity (Wildman–Crippen MR) is 220 cm³/mol. The summed E-state index contributed by atoms with van der Waals surface area (Å²) in [5, 5.41) is 77.2. The predicted octanol–water partition coefficient (Wildman–Crippen LogP) is 1.12. The molecule has 4 heterocycles. The number of hydrogen-bond donors (Lipinski definition) is 11. The van der Waals surface area contributed by atoms with Crippen molar-refractivity contribution < 1.29 is 43.9 Å². The molecule has 0 bridgehead atoms. The SMILES string of the molecule is NS(=O)(=O)c1ccc(NC(=O)NC2CCN(c3nc(NCC(c4ccc(O)cc4)c4ccc(O)cc4)c4ncn([C@@H]5C[C@H](n6c(O)c(CO)[nH]c6=O)[C@@H](O)[C@H]5O)c4n3)C2)cc1. The van der Waals surface area contributed by atoms with Crippen LogP contribution in [0.1, 0.15) is 47.7 Å². The second-order valence-corrected chi connectivity index (χ2v) is 16.6. The number of phenols is 2. The number of urea groups is 1. The zero-order chi connectivity index (χ0) is 43.2. The fourth-order valence-electron chi connectivity index (χ4n) is 8.02. The van der Waals surface area contributed by atoms with Crippen LogP contribution in [0, 0.1) is 0 Å². The van der Waals surface area contributed by atoms with Gasteiger partial charge in [0.2, 0.25) is 21.9 Å². The molecule has 8 rings (SSSR count). The number of carbonyl (C=O) groups excluding carboxylic acids is 1. The van der Waals surface area contributed by atoms with Gasteiger partial charge in [-0.05, 0) is 72.5 Å². The summed E-state index contributed by atoms with van der Waals surface area (Å²) >= 11 is 0. The van der Waals surface area contributed by atoms with Gasteiger partial charge in [-0.2, -0.15) is 9.97 Å². The molecule has 61 heavy (non-hydrogen) atoms. The number of hydrogen-bond acceptors (Lipinski definition) is 15. The number of aliphatic hydroxyl groups excluding tert-OH is 3. The third-order valence-corrected chi connectivity index (χ3v) is 12.1. The Morgan fingerprint density at radius 1 is 0.918 bits per heavy atom. The first kappa shape index (κ1) is 41.0. The Morgan fingerprint density at radius 3 is 2.16 bits per heavy atom. The van der Waals surface area contributed by atoms with Crippen LogP contribution >= 0.6 is 0 Å². The van der Waals surface area contributed by atoms with E-state index in [2.05, 4.69) is 25.9 Å². The minimum atomic E-state index is -3.91. The summed E-state index contributed by atoms with van der Waals surface area (Å²) in [6, 6.07) is 16.0. The highest BCUT2D eigenvalue weighted by molar-refractivity contribution is 7.89. The van der Waals surface area contributed by atoms with E-state index in [1.54, 1.807) is 53.1 Å². The molecule has 2 amide bonds. The number of nitrogens with zero attached hydrogens (tertiary/aromatic N) is 6. The maximum absolute atomic E-state index is 13.0. The maximum atomic E-state index is 13.0. The number of amides is 2. The van der Waals surface area contributed by atoms with Crippen molar-refractivity contribution in [2.75, 3.05) is 35.2 Å². The van der Waals surface area contributed by atoms with Gasteiger partial charge in [-0.3, -0.25) is 4.57 Å². The van der Waals surface area contributed by atoms with Gasteiger partial charge in [0.15, 0.2) is 17.0 Å². The van der Waals surface area contributed by atoms with E-state index in [1.807, 2.05) is 4.90 Å². The van der Waals surface area contributed by atoms with Crippen LogP contribution in [0.4, 0.5) is 22.2 Å². The molecule has 2 fully saturated rings. The van der Waals surface area contributed by atoms with Crippen molar-refractivity contribution in [2.24, 2.45) is 5.14 Å². The number of fused-ring (bicyclic) bond motifs is 1. The van der Waals surface area contributed by atoms with Crippen molar-refractivity contribution in [3.8, 4) is 17.4 Å². The summed E-state index contributed by atoms with van der Waals surface area (Å²) < 4.78 is 25.7. The Morgan fingerprint density at radius 2 is 1.56 bits per heavy atom. The van der Waals surface area contributed by atoms with E-state index in [1.165, 1.54) is 30.6 Å². The number of aliphatic hydroxyl groups is 3. The lowest BCUT2D eigenvalue weighted by Gasteiger charge is -2.22. The molecule has 1 aliphatic carbocycles. The number of aromatic nitrogens is 6. The Bertz CT molecular complexity index is 2680. The molecule has 320 valence electrons. The third-order valence-electron chi connectivity index (χ3n) is 11.2. The summed E-state index contributed by atoms with van der Waals surface area (Å²) in [7, 11) is -3.91. The summed E-state index contributed by atoms with van der Waals surface area (Å²) in [5.41, 5.74) is 1.73. The van der Waals surface area contributed by atoms with Gasteiger partial charge in [0.05, 0.1) is 29.9 Å². The van der Waals surface area contributed by atoms with Crippen molar-refractivity contribution >= 4 is 44.7 Å². The van der Waals surface area contributed by atoms with Gasteiger partial charge < -0.3 is 61.0 Å². The van der Waals surface area contributed by atoms with E-state index in [-0.39, 0.29) is 65.2 Å². The molecule has 6 aromatic rings. The normalized spacial score (nSPS) is 20.4. The van der Waals surface area contributed by atoms with Crippen LogP contribution in [-0.4, -0.2) is 112 Å². The fourth-order valence-corrected chi connectivity index (χ4v) is 8.53. The number of nitrogens with two attached hydrogens (primary N) is 1. The van der Waals surface area contributed by atoms with Crippen molar-refractivity contribution in [3.05, 3.63) is 106 Å². The summed E-state index contributed by atoms with van der Waals surface area (Å²) in [5.74, 6) is -0.114. The first-order valence-corrected chi connectivity index (χ1v) is 20.7. The molecule has 0 spiro atoms. The highest BCUT2D eigenvalue weighted by atomic mass is 32.2. The monoisotopic (exact) mass is 857 g/mol. The molecule has 5 atom stereocenters. The summed E-state index contributed by atoms with van der Waals surface area (Å²) in [4.78, 5) is 44.3. The molecule has 21 nitrogen and oxygen atoms in total. The van der Waals surface area contributed by atoms with Gasteiger partial charge in [-0.15, -0.1) is 0 Å². The van der Waals surface area contributed by atoms with Gasteiger partial charge in [0.1, 0.15) is 29.4 Å². The molecule has 22 heteroatoms. The largest absolute Gasteiger partial charge is 0.508 e. The second kappa shape index (κ2) is 16.4. The lowest BCUT2D eigenvalue weighted by molar-refractivity contribution is 0.00758. The van der Waals surface area contributed by atoms with E-state index in [9.17, 15) is 48.6 Å². The Kier molecular flexibility index (Phi) is 11.0. The van der Waals surface area contributed by atoms with Gasteiger partial charge >= 0.3 is 11.7 Å². The quantitative estimate of drug-likeness (QED) is 0.0822. The highest BCUT2D eigenvalue weighted by Crippen LogP contribution is 2.42. The molecule has 12 N–H and O–H groups in total. The van der Waals surface area contributed by atoms with Gasteiger partial charge in [0.25, 0.3) is 0 Å². The fraction of sp³-hybridized carbons (Fsp3) is 0.308. The molecule has 0 radical (unpaired) electrons. The first-order chi connectivity index (χ1) is 29.2. The van der Waals surface area contributed by atoms with Crippen molar-refractivity contribution in [2.45, 2.75) is 60.6 Å². The molecule has 1 saturated carbocycles. The summed E-state index contributed by atoms with van der Waals surface area (Å²) in [6.45, 7) is 0.314. The molecule has 2 aliphatic rings. The topological polar surface area (TPSA) is 319 Å². The molecule has 1 unspecified atom stereocenters. The Balaban J connectivity index is 1.10. The van der Waals surface area contributed by atoms with Gasteiger partial charge in [-0.25, -0.2) is 28.1 Å². The van der Waals surface area contributed by atoms with E-state index in [0.717, 1.165) is 15.7 Å². The number of primary sulfonamides is 1. The van der Waals surface area contributed by atoms with Crippen LogP contribution in [0.3, 0.4) is 0 Å². The average molecular weight is 858 g/mol. The molecule has 3 aromatic heterocycles. The van der Waals surface area contributed by atoms with E-state index in [4.69, 9.17) is 15.1 Å². The lowest BCUT2D eigenvalue weighted by atomic mass is 9.91. The van der Waals surface area contributed by atoms with Crippen LogP contribution in [0.2, 0.25) is 0 Å². The smallest absolute Gasteiger partial charge is 0.329 e. The number of benzene rings is 3. The number of H-pyrrole nitrogens is 1. The standard InChI is InChI=1S/C39H43N11O10S/c40-61(59,60)26-11-5-22(6-12-26)43-38(57)44-23-13-14-48(17-23)37-46-34(41-16-27(20-1-7-24(52)8-2-20)21-3-9-25(53)10-4-21)31-35(47-37)49(19-42-31)29-15-30(33(55)32(29)54)50-36(56)28(18-51)45-39(50)58/h1-12,19,23,27,29-30,32-33,51-56H,13-18H2,(H,45,58)(H2,40,59,60)(H,41,46,47)(H2,43,44,57)/t23?,29-,30+,32+,33-/m1/s1. The van der Waals surface area contributed by atoms with Gasteiger partial charge in [0, 0.05) is 37.3 Å². The minimum absolute atomic E-state index is 0.0363. The van der Waals surface area contributed by atoms with E-state index in [0.29, 0.717) is 30.0 Å². The zero-order valence-electron chi connectivity index (χ0n) is 32.2. The van der Waals surface area contributed by atoms with E-state index < -0.39 is 58.5 Å². The van der Waals surface area contributed by atoms with Crippen LogP contribution in [0.15, 0.2) is 88.8 Å². The highest BCUT2D eigenvalue weighted by Gasteiger charge is 2.46. The minimum Gasteiger partial charge on any atom is -0.508 e. The third kappa shape index (κ3) is 8.25. The molecular weight excluding hydrogens is 815 g/mol. The number of carbonyl (C=O) groups is 1. The number of phenolic OH excluding ortho intramolecular Hbond substituents is 2. The summed E-state index contributed by atoms with van der Waals surface area (Å²) in [6.07, 6.45) is -1.04. The second-order valence-electron chi connectivity index (χ2n) is 15.0. The number of aromatic hydroxyl groups is 3. The van der Waals surface area contributed by atoms with Crippen LogP contribution in [-0.2, 0) is 16.6 Å². The molecule has 1 aliphatic heterocycles. The number of imidazole rings is 2. The molecular formula is C39H43N11O10S. The number of anilines is 3. The molecule has 1 saturated heterocycles. The van der Waals surface area contributed by atoms with Gasteiger partial charge in [-0.1, -0.05) is 24.3 Å². The first-order valence-electron chi connectivity index (χ1n) is 19.2. The van der Waals surface area contributed by atoms with Crippen LogP contribution < -0.4 is 31.7 Å². The maximum Gasteiger partial charge on any atom is 0.329 e. The number of rotatable bonds is 12. The lowest BCUT2D eigenvalue weighted by Crippen LogP contribution is -2.40. The van der Waals surface area contributed by atoms with E-state index >= 15 is 0 Å². The zero-order valence-corrected chi connectivity index (χ0v) is 33.0. The van der Waals surface area contributed by atoms with Crippen molar-refractivity contribution in [1.29, 1.82) is 0 Å². The number of sulfonamides is 1. The van der Waals surface area contributed by atoms with Crippen molar-refractivity contribution in [3.63, 3.8) is 0 Å². The Labute approximate surface area is 346 Å².